The lowest BCUT2D eigenvalue weighted by Gasteiger charge is -2.06. The van der Waals surface area contributed by atoms with Crippen molar-refractivity contribution in [2.75, 3.05) is 5.32 Å². The average molecular weight is 261 g/mol. The van der Waals surface area contributed by atoms with Gasteiger partial charge in [0.15, 0.2) is 0 Å². The number of non-ortho nitro benzene ring substituents is 1. The second kappa shape index (κ2) is 4.81. The Morgan fingerprint density at radius 2 is 2.16 bits per heavy atom. The number of rotatable bonds is 3. The van der Waals surface area contributed by atoms with Gasteiger partial charge in [0.1, 0.15) is 5.75 Å². The molecule has 0 saturated heterocycles. The number of amides is 1. The van der Waals surface area contributed by atoms with Crippen molar-refractivity contribution in [3.63, 3.8) is 0 Å². The van der Waals surface area contributed by atoms with Crippen molar-refractivity contribution < 1.29 is 14.8 Å². The monoisotopic (exact) mass is 261 g/mol. The van der Waals surface area contributed by atoms with Gasteiger partial charge in [-0.05, 0) is 19.1 Å². The van der Waals surface area contributed by atoms with E-state index in [1.54, 1.807) is 19.2 Å². The highest BCUT2D eigenvalue weighted by Crippen LogP contribution is 2.28. The van der Waals surface area contributed by atoms with E-state index in [0.29, 0.717) is 11.3 Å². The maximum Gasteiger partial charge on any atom is 0.271 e. The van der Waals surface area contributed by atoms with Crippen LogP contribution in [0.2, 0.25) is 0 Å². The second-order valence-corrected chi connectivity index (χ2v) is 3.93. The molecule has 0 aliphatic carbocycles. The van der Waals surface area contributed by atoms with Gasteiger partial charge >= 0.3 is 0 Å². The Labute approximate surface area is 108 Å². The third-order valence-corrected chi connectivity index (χ3v) is 2.64. The average Bonchev–Trinajstić information content (AvgIpc) is 2.78. The Morgan fingerprint density at radius 1 is 1.42 bits per heavy atom. The molecule has 0 spiro atoms. The second-order valence-electron chi connectivity index (χ2n) is 3.93. The molecule has 1 amide bonds. The van der Waals surface area contributed by atoms with Crippen LogP contribution < -0.4 is 5.32 Å². The van der Waals surface area contributed by atoms with Gasteiger partial charge in [-0.1, -0.05) is 0 Å². The fraction of sp³-hybridized carbons (Fsp3) is 0.0833. The first-order valence-electron chi connectivity index (χ1n) is 5.42. The molecule has 0 bridgehead atoms. The molecule has 7 nitrogen and oxygen atoms in total. The number of H-pyrrole nitrogens is 1. The number of phenolic OH excluding ortho intramolecular Hbond substituents is 1. The number of hydrogen-bond donors (Lipinski definition) is 3. The molecule has 0 aliphatic heterocycles. The molecule has 0 saturated carbocycles. The molecule has 0 atom stereocenters. The smallest absolute Gasteiger partial charge is 0.271 e. The molecule has 0 unspecified atom stereocenters. The van der Waals surface area contributed by atoms with Crippen LogP contribution in [0.3, 0.4) is 0 Å². The van der Waals surface area contributed by atoms with E-state index in [4.69, 9.17) is 0 Å². The summed E-state index contributed by atoms with van der Waals surface area (Å²) in [5.41, 5.74) is 0.868. The Bertz CT molecular complexity index is 648. The zero-order valence-corrected chi connectivity index (χ0v) is 10.0. The number of hydrogen-bond acceptors (Lipinski definition) is 4. The van der Waals surface area contributed by atoms with E-state index >= 15 is 0 Å². The van der Waals surface area contributed by atoms with Crippen LogP contribution in [-0.2, 0) is 0 Å². The number of anilines is 1. The number of nitrogens with zero attached hydrogens (tertiary/aromatic N) is 1. The zero-order valence-electron chi connectivity index (χ0n) is 10.0. The lowest BCUT2D eigenvalue weighted by atomic mass is 10.2. The SMILES string of the molecule is Cc1[nH]ccc1C(=O)Nc1cc([N+](=O)[O-])ccc1O. The van der Waals surface area contributed by atoms with E-state index in [2.05, 4.69) is 10.3 Å². The van der Waals surface area contributed by atoms with Crippen LogP contribution in [0.1, 0.15) is 16.1 Å². The standard InChI is InChI=1S/C12H11N3O4/c1-7-9(4-5-13-7)12(17)14-10-6-8(15(18)19)2-3-11(10)16/h2-6,13,16H,1H3,(H,14,17). The van der Waals surface area contributed by atoms with Gasteiger partial charge in [0.25, 0.3) is 11.6 Å². The van der Waals surface area contributed by atoms with E-state index in [0.717, 1.165) is 18.2 Å². The minimum absolute atomic E-state index is 0.000185. The van der Waals surface area contributed by atoms with Gasteiger partial charge in [-0.3, -0.25) is 14.9 Å². The number of aromatic nitrogens is 1. The summed E-state index contributed by atoms with van der Waals surface area (Å²) in [7, 11) is 0. The van der Waals surface area contributed by atoms with E-state index in [1.807, 2.05) is 0 Å². The maximum absolute atomic E-state index is 11.9. The predicted molar refractivity (Wildman–Crippen MR) is 68.2 cm³/mol. The van der Waals surface area contributed by atoms with Gasteiger partial charge in [0, 0.05) is 24.0 Å². The van der Waals surface area contributed by atoms with Gasteiger partial charge in [-0.2, -0.15) is 0 Å². The zero-order chi connectivity index (χ0) is 14.0. The highest BCUT2D eigenvalue weighted by molar-refractivity contribution is 6.05. The number of nitro groups is 1. The highest BCUT2D eigenvalue weighted by atomic mass is 16.6. The number of phenols is 1. The van der Waals surface area contributed by atoms with Crippen molar-refractivity contribution in [3.05, 3.63) is 51.8 Å². The summed E-state index contributed by atoms with van der Waals surface area (Å²) in [4.78, 5) is 24.8. The van der Waals surface area contributed by atoms with Crippen molar-refractivity contribution >= 4 is 17.3 Å². The Morgan fingerprint density at radius 3 is 2.74 bits per heavy atom. The molecular formula is C12H11N3O4. The number of carbonyl (C=O) groups excluding carboxylic acids is 1. The van der Waals surface area contributed by atoms with Gasteiger partial charge < -0.3 is 15.4 Å². The fourth-order valence-electron chi connectivity index (χ4n) is 1.63. The van der Waals surface area contributed by atoms with Crippen LogP contribution in [0.15, 0.2) is 30.5 Å². The molecule has 0 fully saturated rings. The number of nitrogens with one attached hydrogen (secondary N) is 2. The van der Waals surface area contributed by atoms with Gasteiger partial charge in [0.05, 0.1) is 16.2 Å². The molecule has 0 aliphatic rings. The van der Waals surface area contributed by atoms with Crippen LogP contribution in [0.4, 0.5) is 11.4 Å². The Kier molecular flexibility index (Phi) is 3.19. The van der Waals surface area contributed by atoms with Crippen molar-refractivity contribution in [3.8, 4) is 5.75 Å². The van der Waals surface area contributed by atoms with Gasteiger partial charge in [-0.25, -0.2) is 0 Å². The third kappa shape index (κ3) is 2.54. The van der Waals surface area contributed by atoms with Gasteiger partial charge in [0.2, 0.25) is 0 Å². The highest BCUT2D eigenvalue weighted by Gasteiger charge is 2.15. The van der Waals surface area contributed by atoms with Crippen molar-refractivity contribution in [2.45, 2.75) is 6.92 Å². The number of carbonyl (C=O) groups is 1. The maximum atomic E-state index is 11.9. The quantitative estimate of drug-likeness (QED) is 0.447. The summed E-state index contributed by atoms with van der Waals surface area (Å²) in [5, 5.41) is 22.7. The number of aryl methyl sites for hydroxylation is 1. The first kappa shape index (κ1) is 12.6. The molecule has 3 N–H and O–H groups in total. The van der Waals surface area contributed by atoms with E-state index in [-0.39, 0.29) is 17.1 Å². The molecule has 98 valence electrons. The van der Waals surface area contributed by atoms with E-state index < -0.39 is 10.8 Å². The van der Waals surface area contributed by atoms with Crippen LogP contribution in [0.5, 0.6) is 5.75 Å². The normalized spacial score (nSPS) is 10.2. The largest absolute Gasteiger partial charge is 0.506 e. The van der Waals surface area contributed by atoms with Gasteiger partial charge in [-0.15, -0.1) is 0 Å². The van der Waals surface area contributed by atoms with Crippen molar-refractivity contribution in [1.82, 2.24) is 4.98 Å². The van der Waals surface area contributed by atoms with E-state index in [1.165, 1.54) is 0 Å². The van der Waals surface area contributed by atoms with Crippen molar-refractivity contribution in [2.24, 2.45) is 0 Å². The molecule has 1 aromatic heterocycles. The minimum atomic E-state index is -0.601. The molecule has 7 heteroatoms. The summed E-state index contributed by atoms with van der Waals surface area (Å²) < 4.78 is 0. The lowest BCUT2D eigenvalue weighted by Crippen LogP contribution is -2.12. The summed E-state index contributed by atoms with van der Waals surface area (Å²) >= 11 is 0. The topological polar surface area (TPSA) is 108 Å². The molecule has 19 heavy (non-hydrogen) atoms. The minimum Gasteiger partial charge on any atom is -0.506 e. The van der Waals surface area contributed by atoms with Crippen LogP contribution in [-0.4, -0.2) is 20.9 Å². The van der Waals surface area contributed by atoms with Crippen LogP contribution >= 0.6 is 0 Å². The first-order valence-corrected chi connectivity index (χ1v) is 5.42. The number of benzene rings is 1. The molecule has 2 rings (SSSR count). The molecule has 0 radical (unpaired) electrons. The first-order chi connectivity index (χ1) is 8.99. The molecule has 1 heterocycles. The summed E-state index contributed by atoms with van der Waals surface area (Å²) in [6.07, 6.45) is 1.61. The number of nitro benzene ring substituents is 1. The summed E-state index contributed by atoms with van der Waals surface area (Å²) in [6, 6.07) is 5.01. The Balaban J connectivity index is 2.28. The predicted octanol–water partition coefficient (Wildman–Crippen LogP) is 2.19. The van der Waals surface area contributed by atoms with E-state index in [9.17, 15) is 20.0 Å². The molecular weight excluding hydrogens is 250 g/mol. The summed E-state index contributed by atoms with van der Waals surface area (Å²) in [6.45, 7) is 1.72. The number of aromatic amines is 1. The van der Waals surface area contributed by atoms with Crippen LogP contribution in [0.25, 0.3) is 0 Å². The van der Waals surface area contributed by atoms with Crippen LogP contribution in [0, 0.1) is 17.0 Å². The Hall–Kier alpha value is -2.83. The number of aromatic hydroxyl groups is 1. The molecule has 2 aromatic rings. The van der Waals surface area contributed by atoms with Crippen molar-refractivity contribution in [1.29, 1.82) is 0 Å². The lowest BCUT2D eigenvalue weighted by molar-refractivity contribution is -0.384. The summed E-state index contributed by atoms with van der Waals surface area (Å²) in [5.74, 6) is -0.679. The third-order valence-electron chi connectivity index (χ3n) is 2.64. The molecule has 1 aromatic carbocycles. The fourth-order valence-corrected chi connectivity index (χ4v) is 1.63.